The molecular weight excluding hydrogens is 302 g/mol. The second-order valence-corrected chi connectivity index (χ2v) is 8.62. The molecule has 0 aromatic heterocycles. The van der Waals surface area contributed by atoms with E-state index in [0.29, 0.717) is 5.92 Å². The molecule has 0 amide bonds. The normalized spacial score (nSPS) is 17.0. The van der Waals surface area contributed by atoms with Gasteiger partial charge in [-0.3, -0.25) is 0 Å². The van der Waals surface area contributed by atoms with Crippen molar-refractivity contribution in [1.82, 2.24) is 5.32 Å². The molecule has 0 heterocycles. The van der Waals surface area contributed by atoms with Crippen molar-refractivity contribution >= 4 is 5.57 Å². The third-order valence-electron chi connectivity index (χ3n) is 5.03. The second kappa shape index (κ2) is 8.56. The van der Waals surface area contributed by atoms with Gasteiger partial charge >= 0.3 is 0 Å². The minimum atomic E-state index is 0.268. The number of hydrogen-bond acceptors (Lipinski definition) is 1. The summed E-state index contributed by atoms with van der Waals surface area (Å²) in [7, 11) is 2.01. The first-order chi connectivity index (χ1) is 11.8. The minimum Gasteiger partial charge on any atom is -0.394 e. The molecule has 1 N–H and O–H groups in total. The summed E-state index contributed by atoms with van der Waals surface area (Å²) in [5, 5.41) is 3.29. The Bertz CT molecular complexity index is 649. The van der Waals surface area contributed by atoms with Crippen LogP contribution in [0.5, 0.6) is 0 Å². The van der Waals surface area contributed by atoms with Gasteiger partial charge in [0.1, 0.15) is 0 Å². The van der Waals surface area contributed by atoms with Gasteiger partial charge < -0.3 is 5.32 Å². The zero-order valence-corrected chi connectivity index (χ0v) is 16.8. The van der Waals surface area contributed by atoms with Gasteiger partial charge in [-0.05, 0) is 71.6 Å². The monoisotopic (exact) mass is 337 g/mol. The smallest absolute Gasteiger partial charge is 0.00278 e. The Balaban J connectivity index is 2.42. The molecule has 0 spiro atoms. The van der Waals surface area contributed by atoms with Crippen LogP contribution in [0.2, 0.25) is 0 Å². The average molecular weight is 338 g/mol. The lowest BCUT2D eigenvalue weighted by Crippen LogP contribution is -2.13. The first kappa shape index (κ1) is 19.6. The van der Waals surface area contributed by atoms with E-state index in [1.807, 2.05) is 7.05 Å². The largest absolute Gasteiger partial charge is 0.394 e. The summed E-state index contributed by atoms with van der Waals surface area (Å²) in [6.45, 7) is 13.5. The van der Waals surface area contributed by atoms with Gasteiger partial charge in [-0.15, -0.1) is 0 Å². The van der Waals surface area contributed by atoms with Crippen molar-refractivity contribution in [1.29, 1.82) is 0 Å². The van der Waals surface area contributed by atoms with E-state index >= 15 is 0 Å². The van der Waals surface area contributed by atoms with Crippen LogP contribution in [-0.4, -0.2) is 7.05 Å². The lowest BCUT2D eigenvalue weighted by Gasteiger charge is -2.26. The van der Waals surface area contributed by atoms with Crippen LogP contribution in [-0.2, 0) is 0 Å². The molecule has 1 heteroatoms. The number of benzene rings is 1. The van der Waals surface area contributed by atoms with Crippen LogP contribution < -0.4 is 5.32 Å². The van der Waals surface area contributed by atoms with Gasteiger partial charge in [0.2, 0.25) is 0 Å². The summed E-state index contributed by atoms with van der Waals surface area (Å²) < 4.78 is 0. The highest BCUT2D eigenvalue weighted by atomic mass is 14.8. The van der Waals surface area contributed by atoms with E-state index in [1.165, 1.54) is 48.0 Å². The zero-order valence-electron chi connectivity index (χ0n) is 16.8. The van der Waals surface area contributed by atoms with E-state index in [0.717, 1.165) is 12.0 Å². The SMILES string of the molecule is C=C(/C=C(\C(=C/NC)CC(C)(C)C)C1CCCC1)c1ccccc1C. The molecule has 136 valence electrons. The Hall–Kier alpha value is -1.76. The van der Waals surface area contributed by atoms with Crippen LogP contribution >= 0.6 is 0 Å². The Labute approximate surface area is 154 Å². The fourth-order valence-corrected chi connectivity index (χ4v) is 3.89. The van der Waals surface area contributed by atoms with Gasteiger partial charge in [0.25, 0.3) is 0 Å². The maximum atomic E-state index is 4.41. The number of rotatable bonds is 6. The van der Waals surface area contributed by atoms with E-state index in [1.54, 1.807) is 0 Å². The fourth-order valence-electron chi connectivity index (χ4n) is 3.89. The van der Waals surface area contributed by atoms with E-state index in [9.17, 15) is 0 Å². The summed E-state index contributed by atoms with van der Waals surface area (Å²) in [6, 6.07) is 8.56. The van der Waals surface area contributed by atoms with Crippen LogP contribution in [0.4, 0.5) is 0 Å². The molecule has 1 nitrogen and oxygen atoms in total. The summed E-state index contributed by atoms with van der Waals surface area (Å²) in [6.07, 6.45) is 11.0. The number of allylic oxidation sites excluding steroid dienone is 4. The highest BCUT2D eigenvalue weighted by Gasteiger charge is 2.25. The predicted octanol–water partition coefficient (Wildman–Crippen LogP) is 6.66. The third kappa shape index (κ3) is 5.63. The van der Waals surface area contributed by atoms with Gasteiger partial charge in [0, 0.05) is 7.05 Å². The molecular formula is C24H35N. The quantitative estimate of drug-likeness (QED) is 0.572. The molecule has 1 aromatic carbocycles. The summed E-state index contributed by atoms with van der Waals surface area (Å²) in [4.78, 5) is 0. The van der Waals surface area contributed by atoms with Gasteiger partial charge in [0.05, 0.1) is 0 Å². The first-order valence-corrected chi connectivity index (χ1v) is 9.65. The van der Waals surface area contributed by atoms with E-state index in [-0.39, 0.29) is 5.41 Å². The molecule has 2 rings (SSSR count). The molecule has 1 saturated carbocycles. The molecule has 0 unspecified atom stereocenters. The molecule has 0 aliphatic heterocycles. The van der Waals surface area contributed by atoms with Crippen LogP contribution in [0, 0.1) is 18.3 Å². The van der Waals surface area contributed by atoms with Crippen molar-refractivity contribution in [3.05, 3.63) is 65.4 Å². The molecule has 1 aliphatic carbocycles. The van der Waals surface area contributed by atoms with Crippen LogP contribution in [0.15, 0.2) is 54.3 Å². The number of nitrogens with one attached hydrogen (secondary N) is 1. The summed E-state index contributed by atoms with van der Waals surface area (Å²) in [5.41, 5.74) is 6.90. The maximum Gasteiger partial charge on any atom is 0.00278 e. The second-order valence-electron chi connectivity index (χ2n) is 8.62. The number of aryl methyl sites for hydroxylation is 1. The molecule has 1 aliphatic rings. The Morgan fingerprint density at radius 3 is 2.40 bits per heavy atom. The highest BCUT2D eigenvalue weighted by Crippen LogP contribution is 2.40. The van der Waals surface area contributed by atoms with Crippen molar-refractivity contribution in [2.45, 2.75) is 59.8 Å². The average Bonchev–Trinajstić information content (AvgIpc) is 3.05. The van der Waals surface area contributed by atoms with Crippen molar-refractivity contribution in [2.75, 3.05) is 7.05 Å². The molecule has 0 bridgehead atoms. The third-order valence-corrected chi connectivity index (χ3v) is 5.03. The zero-order chi connectivity index (χ0) is 18.4. The molecule has 1 fully saturated rings. The fraction of sp³-hybridized carbons (Fsp3) is 0.500. The van der Waals surface area contributed by atoms with Gasteiger partial charge in [-0.1, -0.05) is 70.5 Å². The van der Waals surface area contributed by atoms with Gasteiger partial charge in [0.15, 0.2) is 0 Å². The Morgan fingerprint density at radius 2 is 1.84 bits per heavy atom. The maximum absolute atomic E-state index is 4.41. The van der Waals surface area contributed by atoms with E-state index in [4.69, 9.17) is 0 Å². The van der Waals surface area contributed by atoms with Crippen molar-refractivity contribution < 1.29 is 0 Å². The van der Waals surface area contributed by atoms with Crippen LogP contribution in [0.1, 0.15) is 64.0 Å². The van der Waals surface area contributed by atoms with Crippen LogP contribution in [0.25, 0.3) is 5.57 Å². The van der Waals surface area contributed by atoms with E-state index in [2.05, 4.69) is 76.1 Å². The van der Waals surface area contributed by atoms with Crippen molar-refractivity contribution in [3.63, 3.8) is 0 Å². The van der Waals surface area contributed by atoms with Gasteiger partial charge in [-0.2, -0.15) is 0 Å². The molecule has 0 saturated heterocycles. The molecule has 0 radical (unpaired) electrons. The highest BCUT2D eigenvalue weighted by molar-refractivity contribution is 5.75. The summed E-state index contributed by atoms with van der Waals surface area (Å²) in [5.74, 6) is 0.669. The topological polar surface area (TPSA) is 12.0 Å². The molecule has 25 heavy (non-hydrogen) atoms. The first-order valence-electron chi connectivity index (χ1n) is 9.65. The predicted molar refractivity (Wildman–Crippen MR) is 111 cm³/mol. The minimum absolute atomic E-state index is 0.268. The van der Waals surface area contributed by atoms with Crippen molar-refractivity contribution in [3.8, 4) is 0 Å². The van der Waals surface area contributed by atoms with Gasteiger partial charge in [-0.25, -0.2) is 0 Å². The lowest BCUT2D eigenvalue weighted by molar-refractivity contribution is 0.406. The Morgan fingerprint density at radius 1 is 1.20 bits per heavy atom. The standard InChI is InChI=1S/C24H35N/c1-18-11-7-10-14-22(18)19(2)15-23(20-12-8-9-13-20)21(17-25-6)16-24(3,4)5/h7,10-11,14-15,17,20,25H,2,8-9,12-13,16H2,1,3-6H3/b21-17-,23-15-. The van der Waals surface area contributed by atoms with Crippen molar-refractivity contribution in [2.24, 2.45) is 11.3 Å². The molecule has 0 atom stereocenters. The molecule has 1 aromatic rings. The van der Waals surface area contributed by atoms with Crippen LogP contribution in [0.3, 0.4) is 0 Å². The lowest BCUT2D eigenvalue weighted by atomic mass is 9.80. The summed E-state index contributed by atoms with van der Waals surface area (Å²) >= 11 is 0. The Kier molecular flexibility index (Phi) is 6.70. The van der Waals surface area contributed by atoms with E-state index < -0.39 is 0 Å². The number of hydrogen-bond donors (Lipinski definition) is 1.